The number of aryl methyl sites for hydroxylation is 2. The zero-order valence-electron chi connectivity index (χ0n) is 12.1. The molecule has 0 fully saturated rings. The van der Waals surface area contributed by atoms with Gasteiger partial charge in [-0.05, 0) is 0 Å². The predicted molar refractivity (Wildman–Crippen MR) is 89.7 cm³/mol. The first-order valence-corrected chi connectivity index (χ1v) is 8.94. The minimum atomic E-state index is 0.487. The van der Waals surface area contributed by atoms with Gasteiger partial charge in [-0.15, -0.1) is 0 Å². The molecule has 0 spiro atoms. The Labute approximate surface area is 130 Å². The molecule has 1 nitrogen and oxygen atoms in total. The van der Waals surface area contributed by atoms with Gasteiger partial charge in [-0.2, -0.15) is 0 Å². The fourth-order valence-corrected chi connectivity index (χ4v) is 4.70. The predicted octanol–water partition coefficient (Wildman–Crippen LogP) is 3.85. The van der Waals surface area contributed by atoms with E-state index in [-0.39, 0.29) is 0 Å². The molecular formula is C19H16NSe+. The van der Waals surface area contributed by atoms with Crippen LogP contribution >= 0.6 is 0 Å². The number of rotatable bonds is 1. The van der Waals surface area contributed by atoms with Crippen LogP contribution in [0.2, 0.25) is 0 Å². The third kappa shape index (κ3) is 2.03. The third-order valence-electron chi connectivity index (χ3n) is 4.11. The van der Waals surface area contributed by atoms with Crippen molar-refractivity contribution in [2.45, 2.75) is 6.92 Å². The number of aromatic nitrogens is 1. The minimum absolute atomic E-state index is 0.487. The average Bonchev–Trinajstić information content (AvgIpc) is 2.94. The molecule has 0 aliphatic rings. The van der Waals surface area contributed by atoms with Crippen molar-refractivity contribution in [2.75, 3.05) is 0 Å². The second-order valence-electron chi connectivity index (χ2n) is 5.49. The van der Waals surface area contributed by atoms with E-state index >= 15 is 0 Å². The Hall–Kier alpha value is -1.89. The van der Waals surface area contributed by atoms with Crippen molar-refractivity contribution in [3.8, 4) is 11.3 Å². The zero-order valence-corrected chi connectivity index (χ0v) is 13.8. The fraction of sp³-hybridized carbons (Fsp3) is 0.105. The quantitative estimate of drug-likeness (QED) is 0.367. The molecule has 0 atom stereocenters. The molecular weight excluding hydrogens is 321 g/mol. The number of hydrogen-bond acceptors (Lipinski definition) is 0. The SMILES string of the molecule is Cc1ccccc1-c1c2cc3[se]ccc3cc2cc[n+]1C. The monoisotopic (exact) mass is 338 g/mol. The van der Waals surface area contributed by atoms with Gasteiger partial charge < -0.3 is 0 Å². The van der Waals surface area contributed by atoms with Crippen LogP contribution < -0.4 is 4.57 Å². The Morgan fingerprint density at radius 3 is 2.67 bits per heavy atom. The summed E-state index contributed by atoms with van der Waals surface area (Å²) in [5, 5.41) is 4.08. The van der Waals surface area contributed by atoms with Crippen LogP contribution in [0.15, 0.2) is 59.7 Å². The van der Waals surface area contributed by atoms with E-state index in [0.29, 0.717) is 14.5 Å². The topological polar surface area (TPSA) is 3.88 Å². The molecule has 2 heteroatoms. The summed E-state index contributed by atoms with van der Waals surface area (Å²) in [5.41, 5.74) is 3.96. The maximum absolute atomic E-state index is 2.40. The van der Waals surface area contributed by atoms with Crippen molar-refractivity contribution < 1.29 is 4.57 Å². The van der Waals surface area contributed by atoms with Crippen LogP contribution in [0.1, 0.15) is 5.56 Å². The van der Waals surface area contributed by atoms with E-state index < -0.39 is 0 Å². The van der Waals surface area contributed by atoms with E-state index in [1.165, 1.54) is 37.2 Å². The van der Waals surface area contributed by atoms with Gasteiger partial charge in [0.2, 0.25) is 0 Å². The summed E-state index contributed by atoms with van der Waals surface area (Å²) < 4.78 is 3.74. The van der Waals surface area contributed by atoms with Crippen molar-refractivity contribution in [3.05, 3.63) is 65.2 Å². The molecule has 2 aromatic carbocycles. The van der Waals surface area contributed by atoms with E-state index in [2.05, 4.69) is 78.2 Å². The number of pyridine rings is 1. The van der Waals surface area contributed by atoms with Crippen LogP contribution in [0.5, 0.6) is 0 Å². The number of fused-ring (bicyclic) bond motifs is 2. The van der Waals surface area contributed by atoms with Crippen molar-refractivity contribution in [3.63, 3.8) is 0 Å². The van der Waals surface area contributed by atoms with Crippen molar-refractivity contribution in [1.82, 2.24) is 0 Å². The number of nitrogens with zero attached hydrogens (tertiary/aromatic N) is 1. The van der Waals surface area contributed by atoms with Gasteiger partial charge in [0.25, 0.3) is 0 Å². The Morgan fingerprint density at radius 1 is 0.952 bits per heavy atom. The maximum atomic E-state index is 2.40. The molecule has 0 saturated carbocycles. The molecule has 0 N–H and O–H groups in total. The molecule has 4 rings (SSSR count). The van der Waals surface area contributed by atoms with Gasteiger partial charge in [0, 0.05) is 0 Å². The van der Waals surface area contributed by atoms with E-state index in [1.807, 2.05) is 0 Å². The molecule has 0 aliphatic heterocycles. The van der Waals surface area contributed by atoms with E-state index in [4.69, 9.17) is 0 Å². The molecule has 0 radical (unpaired) electrons. The molecule has 0 unspecified atom stereocenters. The number of benzene rings is 2. The van der Waals surface area contributed by atoms with Gasteiger partial charge in [-0.1, -0.05) is 0 Å². The second kappa shape index (κ2) is 4.84. The van der Waals surface area contributed by atoms with Crippen molar-refractivity contribution >= 4 is 34.9 Å². The molecule has 102 valence electrons. The summed E-state index contributed by atoms with van der Waals surface area (Å²) in [4.78, 5) is 2.31. The average molecular weight is 337 g/mol. The summed E-state index contributed by atoms with van der Waals surface area (Å²) in [6.45, 7) is 2.19. The van der Waals surface area contributed by atoms with Crippen LogP contribution in [0.4, 0.5) is 0 Å². The van der Waals surface area contributed by atoms with E-state index in [0.717, 1.165) is 0 Å². The standard InChI is InChI=1S/C19H16NSe/c1-13-5-3-4-6-16(13)19-17-12-18-15(8-10-21-18)11-14(17)7-9-20(19)2/h3-12H,1-2H3/q+1. The van der Waals surface area contributed by atoms with E-state index in [1.54, 1.807) is 0 Å². The Morgan fingerprint density at radius 2 is 1.81 bits per heavy atom. The molecule has 0 saturated heterocycles. The van der Waals surface area contributed by atoms with E-state index in [9.17, 15) is 0 Å². The summed E-state index contributed by atoms with van der Waals surface area (Å²) in [6, 6.07) is 17.8. The van der Waals surface area contributed by atoms with Gasteiger partial charge >= 0.3 is 130 Å². The molecule has 4 aromatic rings. The zero-order chi connectivity index (χ0) is 14.4. The number of hydrogen-bond donors (Lipinski definition) is 0. The van der Waals surface area contributed by atoms with Crippen LogP contribution in [-0.2, 0) is 7.05 Å². The van der Waals surface area contributed by atoms with Crippen LogP contribution in [0.25, 0.3) is 31.7 Å². The molecule has 0 amide bonds. The molecule has 0 aliphatic carbocycles. The molecule has 0 bridgehead atoms. The summed E-state index contributed by atoms with van der Waals surface area (Å²) in [6.07, 6.45) is 2.17. The van der Waals surface area contributed by atoms with Gasteiger partial charge in [-0.3, -0.25) is 0 Å². The van der Waals surface area contributed by atoms with Gasteiger partial charge in [0.15, 0.2) is 0 Å². The van der Waals surface area contributed by atoms with Crippen molar-refractivity contribution in [1.29, 1.82) is 0 Å². The van der Waals surface area contributed by atoms with Crippen LogP contribution in [0.3, 0.4) is 0 Å². The second-order valence-corrected chi connectivity index (χ2v) is 7.48. The third-order valence-corrected chi connectivity index (χ3v) is 5.96. The van der Waals surface area contributed by atoms with Gasteiger partial charge in [-0.25, -0.2) is 0 Å². The first-order chi connectivity index (χ1) is 10.2. The normalized spacial score (nSPS) is 11.3. The van der Waals surface area contributed by atoms with Gasteiger partial charge in [0.05, 0.1) is 0 Å². The van der Waals surface area contributed by atoms with Crippen LogP contribution in [0, 0.1) is 6.92 Å². The molecule has 2 heterocycles. The summed E-state index contributed by atoms with van der Waals surface area (Å²) in [7, 11) is 2.14. The Bertz CT molecular complexity index is 966. The molecule has 2 aromatic heterocycles. The van der Waals surface area contributed by atoms with Gasteiger partial charge in [0.1, 0.15) is 0 Å². The van der Waals surface area contributed by atoms with Crippen molar-refractivity contribution in [2.24, 2.45) is 7.05 Å². The molecule has 21 heavy (non-hydrogen) atoms. The first-order valence-electron chi connectivity index (χ1n) is 7.09. The fourth-order valence-electron chi connectivity index (χ4n) is 3.00. The van der Waals surface area contributed by atoms with Crippen LogP contribution in [-0.4, -0.2) is 14.5 Å². The summed E-state index contributed by atoms with van der Waals surface area (Å²) >= 11 is 0.487. The Kier molecular flexibility index (Phi) is 2.95. The summed E-state index contributed by atoms with van der Waals surface area (Å²) in [5.74, 6) is 0. The first kappa shape index (κ1) is 12.8. The Balaban J connectivity index is 2.16.